The third-order valence-corrected chi connectivity index (χ3v) is 4.76. The first kappa shape index (κ1) is 19.8. The summed E-state index contributed by atoms with van der Waals surface area (Å²) in [5.41, 5.74) is 1.40. The van der Waals surface area contributed by atoms with E-state index in [1.54, 1.807) is 48.5 Å². The van der Waals surface area contributed by atoms with Crippen molar-refractivity contribution in [1.29, 1.82) is 0 Å². The monoisotopic (exact) mass is 459 g/mol. The summed E-state index contributed by atoms with van der Waals surface area (Å²) in [7, 11) is 1.29. The Kier molecular flexibility index (Phi) is 5.96. The summed E-state index contributed by atoms with van der Waals surface area (Å²) in [5.74, 6) is -2.63. The van der Waals surface area contributed by atoms with E-state index in [4.69, 9.17) is 12.2 Å². The highest BCUT2D eigenvalue weighted by molar-refractivity contribution is 9.10. The molecule has 0 aliphatic carbocycles. The summed E-state index contributed by atoms with van der Waals surface area (Å²) in [6.45, 7) is 0. The zero-order valence-electron chi connectivity index (χ0n) is 14.6. The molecule has 0 bridgehead atoms. The smallest absolute Gasteiger partial charge is 0.337 e. The summed E-state index contributed by atoms with van der Waals surface area (Å²) in [6, 6.07) is 13.2. The van der Waals surface area contributed by atoms with Crippen molar-refractivity contribution < 1.29 is 19.1 Å². The van der Waals surface area contributed by atoms with Crippen LogP contribution in [0.25, 0.3) is 0 Å². The maximum atomic E-state index is 12.8. The molecule has 0 unspecified atom stereocenters. The fraction of sp³-hybridized carbons (Fsp3) is 0.105. The van der Waals surface area contributed by atoms with Crippen molar-refractivity contribution in [3.8, 4) is 0 Å². The minimum absolute atomic E-state index is 0.0180. The van der Waals surface area contributed by atoms with E-state index in [-0.39, 0.29) is 5.11 Å². The molecule has 1 atom stereocenters. The number of amides is 2. The fourth-order valence-corrected chi connectivity index (χ4v) is 3.08. The number of thiocarbonyl (C=S) groups is 1. The summed E-state index contributed by atoms with van der Waals surface area (Å²) < 4.78 is 5.49. The summed E-state index contributed by atoms with van der Waals surface area (Å²) in [4.78, 5) is 42.0. The standard InChI is InChI=1S/C19H14BrN3O4S/c1-27-18(26)11-2-6-13(7-3-11)21-10-15-16(24)22-19(28)23(17(15)25)14-8-4-12(20)5-9-14/h2-10,15H,1H3,(H,22,24,28)/t15-/m1/s1. The quantitative estimate of drug-likeness (QED) is 0.328. The lowest BCUT2D eigenvalue weighted by molar-refractivity contribution is -0.130. The molecule has 1 fully saturated rings. The average Bonchev–Trinajstić information content (AvgIpc) is 2.69. The van der Waals surface area contributed by atoms with Gasteiger partial charge in [-0.25, -0.2) is 4.79 Å². The van der Waals surface area contributed by atoms with Gasteiger partial charge >= 0.3 is 5.97 Å². The van der Waals surface area contributed by atoms with Crippen LogP contribution in [0.5, 0.6) is 0 Å². The first-order valence-electron chi connectivity index (χ1n) is 8.07. The highest BCUT2D eigenvalue weighted by Gasteiger charge is 2.38. The van der Waals surface area contributed by atoms with Gasteiger partial charge in [-0.3, -0.25) is 19.5 Å². The van der Waals surface area contributed by atoms with Crippen molar-refractivity contribution in [1.82, 2.24) is 5.32 Å². The molecule has 1 N–H and O–H groups in total. The van der Waals surface area contributed by atoms with Crippen LogP contribution in [0.3, 0.4) is 0 Å². The van der Waals surface area contributed by atoms with Crippen molar-refractivity contribution in [2.24, 2.45) is 10.9 Å². The van der Waals surface area contributed by atoms with Crippen LogP contribution in [0.15, 0.2) is 58.0 Å². The van der Waals surface area contributed by atoms with Crippen molar-refractivity contribution in [3.63, 3.8) is 0 Å². The molecule has 1 saturated heterocycles. The predicted molar refractivity (Wildman–Crippen MR) is 112 cm³/mol. The molecule has 1 heterocycles. The number of carbonyl (C=O) groups excluding carboxylic acids is 3. The number of benzene rings is 2. The van der Waals surface area contributed by atoms with Crippen LogP contribution in [-0.2, 0) is 14.3 Å². The van der Waals surface area contributed by atoms with Crippen LogP contribution in [0.2, 0.25) is 0 Å². The van der Waals surface area contributed by atoms with Gasteiger partial charge in [-0.15, -0.1) is 0 Å². The number of anilines is 1. The Labute approximate surface area is 174 Å². The minimum atomic E-state index is -1.13. The van der Waals surface area contributed by atoms with Crippen molar-refractivity contribution >= 4 is 68.6 Å². The number of nitrogens with one attached hydrogen (secondary N) is 1. The molecule has 0 aromatic heterocycles. The van der Waals surface area contributed by atoms with Crippen LogP contribution in [0.4, 0.5) is 11.4 Å². The number of nitrogens with zero attached hydrogens (tertiary/aromatic N) is 2. The zero-order valence-corrected chi connectivity index (χ0v) is 17.0. The van der Waals surface area contributed by atoms with Crippen molar-refractivity contribution in [2.45, 2.75) is 0 Å². The van der Waals surface area contributed by atoms with Crippen LogP contribution in [-0.4, -0.2) is 36.2 Å². The first-order chi connectivity index (χ1) is 13.4. The number of ether oxygens (including phenoxy) is 1. The topological polar surface area (TPSA) is 88.1 Å². The lowest BCUT2D eigenvalue weighted by Gasteiger charge is -2.30. The van der Waals surface area contributed by atoms with Crippen LogP contribution >= 0.6 is 28.1 Å². The molecular weight excluding hydrogens is 446 g/mol. The molecular formula is C19H14BrN3O4S. The Hall–Kier alpha value is -2.91. The second-order valence-electron chi connectivity index (χ2n) is 5.74. The van der Waals surface area contributed by atoms with Gasteiger partial charge in [0.15, 0.2) is 11.0 Å². The predicted octanol–water partition coefficient (Wildman–Crippen LogP) is 3.00. The molecule has 2 amide bonds. The van der Waals surface area contributed by atoms with Gasteiger partial charge in [-0.1, -0.05) is 15.9 Å². The minimum Gasteiger partial charge on any atom is -0.465 e. The Bertz CT molecular complexity index is 974. The number of hydrogen-bond donors (Lipinski definition) is 1. The first-order valence-corrected chi connectivity index (χ1v) is 9.28. The molecule has 9 heteroatoms. The average molecular weight is 460 g/mol. The Balaban J connectivity index is 1.82. The van der Waals surface area contributed by atoms with E-state index < -0.39 is 23.7 Å². The third-order valence-electron chi connectivity index (χ3n) is 3.95. The zero-order chi connectivity index (χ0) is 20.3. The van der Waals surface area contributed by atoms with Gasteiger partial charge in [-0.2, -0.15) is 0 Å². The van der Waals surface area contributed by atoms with Gasteiger partial charge < -0.3 is 10.1 Å². The molecule has 7 nitrogen and oxygen atoms in total. The van der Waals surface area contributed by atoms with E-state index in [1.807, 2.05) is 0 Å². The Morgan fingerprint density at radius 1 is 1.18 bits per heavy atom. The SMILES string of the molecule is COC(=O)c1ccc(N=C[C@@H]2C(=O)NC(=S)N(c3ccc(Br)cc3)C2=O)cc1. The van der Waals surface area contributed by atoms with Gasteiger partial charge in [-0.05, 0) is 60.7 Å². The van der Waals surface area contributed by atoms with Gasteiger partial charge in [0.05, 0.1) is 24.0 Å². The fourth-order valence-electron chi connectivity index (χ4n) is 2.52. The van der Waals surface area contributed by atoms with E-state index in [2.05, 4.69) is 31.0 Å². The number of aliphatic imine (C=N–C) groups is 1. The van der Waals surface area contributed by atoms with Gasteiger partial charge in [0.25, 0.3) is 5.91 Å². The van der Waals surface area contributed by atoms with Crippen LogP contribution < -0.4 is 10.2 Å². The normalized spacial score (nSPS) is 17.0. The second-order valence-corrected chi connectivity index (χ2v) is 7.04. The molecule has 2 aromatic carbocycles. The highest BCUT2D eigenvalue weighted by Crippen LogP contribution is 2.23. The summed E-state index contributed by atoms with van der Waals surface area (Å²) in [5, 5.41) is 2.54. The molecule has 1 aliphatic heterocycles. The number of esters is 1. The molecule has 0 saturated carbocycles. The third kappa shape index (κ3) is 4.15. The molecule has 28 heavy (non-hydrogen) atoms. The number of rotatable bonds is 4. The van der Waals surface area contributed by atoms with Gasteiger partial charge in [0.1, 0.15) is 0 Å². The Morgan fingerprint density at radius 3 is 2.43 bits per heavy atom. The largest absolute Gasteiger partial charge is 0.465 e. The van der Waals surface area contributed by atoms with E-state index >= 15 is 0 Å². The maximum Gasteiger partial charge on any atom is 0.337 e. The van der Waals surface area contributed by atoms with Crippen LogP contribution in [0.1, 0.15) is 10.4 Å². The molecule has 0 radical (unpaired) electrons. The van der Waals surface area contributed by atoms with E-state index in [9.17, 15) is 14.4 Å². The lowest BCUT2D eigenvalue weighted by atomic mass is 10.1. The molecule has 1 aliphatic rings. The van der Waals surface area contributed by atoms with E-state index in [1.165, 1.54) is 18.2 Å². The number of methoxy groups -OCH3 is 1. The second kappa shape index (κ2) is 8.41. The molecule has 3 rings (SSSR count). The van der Waals surface area contributed by atoms with Gasteiger partial charge in [0, 0.05) is 10.7 Å². The van der Waals surface area contributed by atoms with E-state index in [0.29, 0.717) is 16.9 Å². The van der Waals surface area contributed by atoms with Crippen LogP contribution in [0, 0.1) is 5.92 Å². The number of carbonyl (C=O) groups is 3. The van der Waals surface area contributed by atoms with Crippen molar-refractivity contribution in [2.75, 3.05) is 12.0 Å². The molecule has 142 valence electrons. The van der Waals surface area contributed by atoms with Crippen molar-refractivity contribution in [3.05, 3.63) is 58.6 Å². The number of halogens is 1. The van der Waals surface area contributed by atoms with Gasteiger partial charge in [0.2, 0.25) is 5.91 Å². The highest BCUT2D eigenvalue weighted by atomic mass is 79.9. The molecule has 2 aromatic rings. The summed E-state index contributed by atoms with van der Waals surface area (Å²) in [6.07, 6.45) is 1.26. The van der Waals surface area contributed by atoms with E-state index in [0.717, 1.165) is 4.47 Å². The summed E-state index contributed by atoms with van der Waals surface area (Å²) >= 11 is 8.48. The molecule has 0 spiro atoms. The number of hydrogen-bond acceptors (Lipinski definition) is 6. The Morgan fingerprint density at radius 2 is 1.82 bits per heavy atom. The lowest BCUT2D eigenvalue weighted by Crippen LogP contribution is -2.58. The maximum absolute atomic E-state index is 12.8.